The number of nitrogens with one attached hydrogen (secondary N) is 1. The summed E-state index contributed by atoms with van der Waals surface area (Å²) in [7, 11) is 0. The minimum atomic E-state index is -0.860. The monoisotopic (exact) mass is 718 g/mol. The van der Waals surface area contributed by atoms with Crippen LogP contribution in [0.3, 0.4) is 0 Å². The fourth-order valence-electron chi connectivity index (χ4n) is 6.25. The van der Waals surface area contributed by atoms with Gasteiger partial charge in [0.1, 0.15) is 0 Å². The molecule has 0 radical (unpaired) electrons. The maximum absolute atomic E-state index is 12.3. The van der Waals surface area contributed by atoms with Crippen LogP contribution in [0.15, 0.2) is 36.5 Å². The average molecular weight is 718 g/mol. The van der Waals surface area contributed by atoms with Crippen molar-refractivity contribution >= 4 is 11.9 Å². The molecule has 0 fully saturated rings. The second kappa shape index (κ2) is 40.8. The molecule has 0 saturated carbocycles. The maximum Gasteiger partial charge on any atom is 0.305 e. The van der Waals surface area contributed by atoms with E-state index in [0.717, 1.165) is 70.6 Å². The van der Waals surface area contributed by atoms with E-state index in [-0.39, 0.29) is 18.5 Å². The number of hydrogen-bond donors (Lipinski definition) is 3. The number of unbranched alkanes of at least 4 members (excludes halogenated alkanes) is 24. The molecule has 1 amide bonds. The van der Waals surface area contributed by atoms with Crippen molar-refractivity contribution in [2.24, 2.45) is 0 Å². The number of esters is 1. The van der Waals surface area contributed by atoms with Gasteiger partial charge in [-0.1, -0.05) is 172 Å². The molecule has 0 saturated heterocycles. The lowest BCUT2D eigenvalue weighted by atomic mass is 10.1. The SMILES string of the molecule is CCCCC/C=C\C/C=C\CCCCCCCC(=O)OCCCCCCCCCCCC(=O)NC(CO)C(O)/C=C/CCCCCCCCCC. The van der Waals surface area contributed by atoms with Crippen LogP contribution in [0.25, 0.3) is 0 Å². The summed E-state index contributed by atoms with van der Waals surface area (Å²) < 4.78 is 5.42. The van der Waals surface area contributed by atoms with Gasteiger partial charge in [0, 0.05) is 12.8 Å². The zero-order valence-corrected chi connectivity index (χ0v) is 33.6. The molecule has 6 nitrogen and oxygen atoms in total. The average Bonchev–Trinajstić information content (AvgIpc) is 3.13. The molecular weight excluding hydrogens is 634 g/mol. The molecule has 0 aliphatic carbocycles. The number of hydrogen-bond acceptors (Lipinski definition) is 5. The molecule has 6 heteroatoms. The lowest BCUT2D eigenvalue weighted by Gasteiger charge is -2.20. The third-order valence-corrected chi connectivity index (χ3v) is 9.66. The normalized spacial score (nSPS) is 13.1. The topological polar surface area (TPSA) is 95.9 Å². The Labute approximate surface area is 315 Å². The zero-order valence-electron chi connectivity index (χ0n) is 33.6. The molecule has 0 aromatic rings. The number of rotatable bonds is 39. The summed E-state index contributed by atoms with van der Waals surface area (Å²) in [6, 6.07) is -0.647. The van der Waals surface area contributed by atoms with E-state index in [0.29, 0.717) is 19.4 Å². The van der Waals surface area contributed by atoms with Crippen molar-refractivity contribution in [3.8, 4) is 0 Å². The molecule has 0 aromatic heterocycles. The van der Waals surface area contributed by atoms with E-state index in [2.05, 4.69) is 43.5 Å². The van der Waals surface area contributed by atoms with Crippen molar-refractivity contribution in [2.75, 3.05) is 13.2 Å². The molecule has 0 bridgehead atoms. The van der Waals surface area contributed by atoms with Gasteiger partial charge >= 0.3 is 5.97 Å². The lowest BCUT2D eigenvalue weighted by molar-refractivity contribution is -0.143. The summed E-state index contributed by atoms with van der Waals surface area (Å²) in [5.41, 5.74) is 0. The second-order valence-corrected chi connectivity index (χ2v) is 14.7. The zero-order chi connectivity index (χ0) is 37.3. The summed E-state index contributed by atoms with van der Waals surface area (Å²) in [5, 5.41) is 22.8. The van der Waals surface area contributed by atoms with Crippen molar-refractivity contribution < 1.29 is 24.5 Å². The van der Waals surface area contributed by atoms with Gasteiger partial charge < -0.3 is 20.3 Å². The van der Waals surface area contributed by atoms with Gasteiger partial charge in [-0.15, -0.1) is 0 Å². The molecule has 0 rings (SSSR count). The number of ether oxygens (including phenoxy) is 1. The Morgan fingerprint density at radius 1 is 0.549 bits per heavy atom. The van der Waals surface area contributed by atoms with Crippen LogP contribution in [-0.2, 0) is 14.3 Å². The minimum absolute atomic E-state index is 0.0430. The number of amides is 1. The lowest BCUT2D eigenvalue weighted by Crippen LogP contribution is -2.45. The Kier molecular flexibility index (Phi) is 39.3. The molecule has 0 aliphatic heterocycles. The third kappa shape index (κ3) is 37.6. The van der Waals surface area contributed by atoms with Crippen LogP contribution in [0.4, 0.5) is 0 Å². The summed E-state index contributed by atoms with van der Waals surface area (Å²) >= 11 is 0. The van der Waals surface area contributed by atoms with Crippen LogP contribution in [0, 0.1) is 0 Å². The van der Waals surface area contributed by atoms with E-state index in [1.54, 1.807) is 6.08 Å². The van der Waals surface area contributed by atoms with Gasteiger partial charge in [-0.3, -0.25) is 9.59 Å². The summed E-state index contributed by atoms with van der Waals surface area (Å²) in [6.07, 6.45) is 46.9. The van der Waals surface area contributed by atoms with Crippen LogP contribution in [0.1, 0.15) is 213 Å². The molecule has 3 N–H and O–H groups in total. The van der Waals surface area contributed by atoms with Gasteiger partial charge in [0.15, 0.2) is 0 Å². The highest BCUT2D eigenvalue weighted by atomic mass is 16.5. The van der Waals surface area contributed by atoms with Gasteiger partial charge in [-0.2, -0.15) is 0 Å². The molecule has 51 heavy (non-hydrogen) atoms. The number of aliphatic hydroxyl groups excluding tert-OH is 2. The first-order valence-electron chi connectivity index (χ1n) is 21.8. The van der Waals surface area contributed by atoms with Crippen LogP contribution in [-0.4, -0.2) is 47.4 Å². The largest absolute Gasteiger partial charge is 0.466 e. The van der Waals surface area contributed by atoms with Gasteiger partial charge in [-0.25, -0.2) is 0 Å². The predicted molar refractivity (Wildman–Crippen MR) is 218 cm³/mol. The Hall–Kier alpha value is -1.92. The fraction of sp³-hybridized carbons (Fsp3) is 0.822. The Morgan fingerprint density at radius 3 is 1.53 bits per heavy atom. The number of carbonyl (C=O) groups is 2. The van der Waals surface area contributed by atoms with Gasteiger partial charge in [0.2, 0.25) is 5.91 Å². The number of allylic oxidation sites excluding steroid dienone is 5. The van der Waals surface area contributed by atoms with E-state index < -0.39 is 12.1 Å². The predicted octanol–water partition coefficient (Wildman–Crippen LogP) is 12.2. The van der Waals surface area contributed by atoms with Gasteiger partial charge in [-0.05, 0) is 64.2 Å². The van der Waals surface area contributed by atoms with Crippen molar-refractivity contribution in [3.05, 3.63) is 36.5 Å². The highest BCUT2D eigenvalue weighted by Crippen LogP contribution is 2.13. The first-order chi connectivity index (χ1) is 25.0. The van der Waals surface area contributed by atoms with Gasteiger partial charge in [0.05, 0.1) is 25.4 Å². The molecule has 298 valence electrons. The smallest absolute Gasteiger partial charge is 0.305 e. The van der Waals surface area contributed by atoms with Crippen molar-refractivity contribution in [3.63, 3.8) is 0 Å². The summed E-state index contributed by atoms with van der Waals surface area (Å²) in [6.45, 7) is 4.76. The minimum Gasteiger partial charge on any atom is -0.466 e. The molecule has 0 aliphatic rings. The second-order valence-electron chi connectivity index (χ2n) is 14.7. The standard InChI is InChI=1S/C45H83NO5/c1-3-5-7-9-11-13-15-16-17-18-19-23-27-31-35-39-45(50)51-40-36-32-28-24-20-22-26-30-34-38-44(49)46-42(41-47)43(48)37-33-29-25-21-14-12-10-8-6-4-2/h11,13,16-17,33,37,42-43,47-48H,3-10,12,14-15,18-32,34-36,38-41H2,1-2H3,(H,46,49)/b13-11-,17-16-,37-33+. The number of carbonyl (C=O) groups excluding carboxylic acids is 2. The molecule has 0 aromatic carbocycles. The summed E-state index contributed by atoms with van der Waals surface area (Å²) in [4.78, 5) is 24.3. The van der Waals surface area contributed by atoms with Gasteiger partial charge in [0.25, 0.3) is 0 Å². The summed E-state index contributed by atoms with van der Waals surface area (Å²) in [5.74, 6) is -0.144. The fourth-order valence-corrected chi connectivity index (χ4v) is 6.25. The van der Waals surface area contributed by atoms with E-state index >= 15 is 0 Å². The van der Waals surface area contributed by atoms with Crippen molar-refractivity contribution in [1.29, 1.82) is 0 Å². The van der Waals surface area contributed by atoms with E-state index in [1.807, 2.05) is 6.08 Å². The Bertz CT molecular complexity index is 838. The van der Waals surface area contributed by atoms with E-state index in [1.165, 1.54) is 116 Å². The van der Waals surface area contributed by atoms with Crippen LogP contribution < -0.4 is 5.32 Å². The van der Waals surface area contributed by atoms with E-state index in [9.17, 15) is 19.8 Å². The van der Waals surface area contributed by atoms with Crippen LogP contribution >= 0.6 is 0 Å². The molecular formula is C45H83NO5. The Balaban J connectivity index is 3.54. The highest BCUT2D eigenvalue weighted by molar-refractivity contribution is 5.76. The Morgan fingerprint density at radius 2 is 0.980 bits per heavy atom. The maximum atomic E-state index is 12.3. The first-order valence-corrected chi connectivity index (χ1v) is 21.8. The van der Waals surface area contributed by atoms with E-state index in [4.69, 9.17) is 4.74 Å². The van der Waals surface area contributed by atoms with Crippen molar-refractivity contribution in [1.82, 2.24) is 5.32 Å². The third-order valence-electron chi connectivity index (χ3n) is 9.66. The quantitative estimate of drug-likeness (QED) is 0.0334. The molecule has 2 atom stereocenters. The highest BCUT2D eigenvalue weighted by Gasteiger charge is 2.18. The first kappa shape index (κ1) is 49.1. The molecule has 0 heterocycles. The molecule has 0 spiro atoms. The number of aliphatic hydroxyl groups is 2. The van der Waals surface area contributed by atoms with Crippen molar-refractivity contribution in [2.45, 2.75) is 225 Å². The van der Waals surface area contributed by atoms with Crippen LogP contribution in [0.2, 0.25) is 0 Å². The van der Waals surface area contributed by atoms with Crippen LogP contribution in [0.5, 0.6) is 0 Å². The molecule has 2 unspecified atom stereocenters.